The van der Waals surface area contributed by atoms with Crippen molar-refractivity contribution in [2.24, 2.45) is 11.5 Å². The van der Waals surface area contributed by atoms with Crippen LogP contribution in [0.5, 0.6) is 0 Å². The van der Waals surface area contributed by atoms with Gasteiger partial charge in [-0.15, -0.1) is 0 Å². The SMILES string of the molecule is NC(=O)CC(N)C(=O)Nc1ccc(-c2ccnc(Nc3ccc(N4CCOCC4)cc3)n2)cc1. The maximum absolute atomic E-state index is 12.1. The van der Waals surface area contributed by atoms with E-state index in [1.165, 1.54) is 0 Å². The topological polar surface area (TPSA) is 148 Å². The summed E-state index contributed by atoms with van der Waals surface area (Å²) in [5.74, 6) is -0.620. The Hall–Kier alpha value is -4.02. The molecule has 4 rings (SSSR count). The number of morpholine rings is 1. The zero-order valence-electron chi connectivity index (χ0n) is 18.6. The van der Waals surface area contributed by atoms with Gasteiger partial charge in [-0.25, -0.2) is 9.97 Å². The molecule has 1 saturated heterocycles. The van der Waals surface area contributed by atoms with Crippen molar-refractivity contribution in [1.82, 2.24) is 9.97 Å². The molecule has 2 aromatic carbocycles. The number of hydrogen-bond donors (Lipinski definition) is 4. The summed E-state index contributed by atoms with van der Waals surface area (Å²) in [5.41, 5.74) is 14.9. The molecule has 1 aliphatic heterocycles. The Kier molecular flexibility index (Phi) is 7.31. The minimum absolute atomic E-state index is 0.212. The minimum Gasteiger partial charge on any atom is -0.378 e. The number of nitrogens with zero attached hydrogens (tertiary/aromatic N) is 3. The van der Waals surface area contributed by atoms with E-state index in [0.29, 0.717) is 11.6 Å². The lowest BCUT2D eigenvalue weighted by Gasteiger charge is -2.28. The molecule has 176 valence electrons. The predicted molar refractivity (Wildman–Crippen MR) is 131 cm³/mol. The summed E-state index contributed by atoms with van der Waals surface area (Å²) in [6, 6.07) is 16.1. The highest BCUT2D eigenvalue weighted by molar-refractivity contribution is 5.97. The van der Waals surface area contributed by atoms with E-state index in [0.717, 1.165) is 48.9 Å². The Balaban J connectivity index is 1.39. The zero-order valence-corrected chi connectivity index (χ0v) is 18.6. The molecule has 10 heteroatoms. The Bertz CT molecular complexity index is 1130. The fraction of sp³-hybridized carbons (Fsp3) is 0.250. The van der Waals surface area contributed by atoms with Crippen molar-refractivity contribution in [1.29, 1.82) is 0 Å². The van der Waals surface area contributed by atoms with Crippen LogP contribution in [-0.2, 0) is 14.3 Å². The molecule has 6 N–H and O–H groups in total. The molecule has 0 saturated carbocycles. The fourth-order valence-electron chi connectivity index (χ4n) is 3.55. The number of nitrogens with one attached hydrogen (secondary N) is 2. The minimum atomic E-state index is -0.990. The number of amides is 2. The number of benzene rings is 2. The second-order valence-corrected chi connectivity index (χ2v) is 7.88. The largest absolute Gasteiger partial charge is 0.378 e. The first-order chi connectivity index (χ1) is 16.5. The van der Waals surface area contributed by atoms with E-state index in [-0.39, 0.29) is 6.42 Å². The summed E-state index contributed by atoms with van der Waals surface area (Å²) in [4.78, 5) is 34.2. The number of hydrogen-bond acceptors (Lipinski definition) is 8. The number of anilines is 4. The Morgan fingerprint density at radius 3 is 2.35 bits per heavy atom. The van der Waals surface area contributed by atoms with Gasteiger partial charge < -0.3 is 31.7 Å². The molecule has 1 unspecified atom stereocenters. The highest BCUT2D eigenvalue weighted by Crippen LogP contribution is 2.23. The first-order valence-electron chi connectivity index (χ1n) is 11.0. The maximum atomic E-state index is 12.1. The molecule has 0 aliphatic carbocycles. The quantitative estimate of drug-likeness (QED) is 0.397. The average molecular weight is 462 g/mol. The Morgan fingerprint density at radius 1 is 1.00 bits per heavy atom. The van der Waals surface area contributed by atoms with Gasteiger partial charge in [-0.1, -0.05) is 12.1 Å². The zero-order chi connectivity index (χ0) is 23.9. The summed E-state index contributed by atoms with van der Waals surface area (Å²) in [6.45, 7) is 3.27. The van der Waals surface area contributed by atoms with Crippen LogP contribution in [0, 0.1) is 0 Å². The molecule has 3 aromatic rings. The van der Waals surface area contributed by atoms with Crippen molar-refractivity contribution >= 4 is 34.8 Å². The van der Waals surface area contributed by atoms with E-state index < -0.39 is 17.9 Å². The van der Waals surface area contributed by atoms with E-state index >= 15 is 0 Å². The molecule has 1 atom stereocenters. The summed E-state index contributed by atoms with van der Waals surface area (Å²) in [6.07, 6.45) is 1.47. The van der Waals surface area contributed by atoms with Gasteiger partial charge in [0.25, 0.3) is 0 Å². The van der Waals surface area contributed by atoms with Crippen molar-refractivity contribution in [3.05, 3.63) is 60.8 Å². The number of nitrogens with two attached hydrogens (primary N) is 2. The molecule has 0 bridgehead atoms. The van der Waals surface area contributed by atoms with Crippen molar-refractivity contribution in [2.45, 2.75) is 12.5 Å². The van der Waals surface area contributed by atoms with E-state index in [2.05, 4.69) is 37.6 Å². The van der Waals surface area contributed by atoms with Crippen molar-refractivity contribution in [3.63, 3.8) is 0 Å². The van der Waals surface area contributed by atoms with Gasteiger partial charge >= 0.3 is 0 Å². The molecule has 10 nitrogen and oxygen atoms in total. The summed E-state index contributed by atoms with van der Waals surface area (Å²) in [5, 5.41) is 5.91. The van der Waals surface area contributed by atoms with Crippen LogP contribution in [-0.4, -0.2) is 54.1 Å². The second kappa shape index (κ2) is 10.7. The van der Waals surface area contributed by atoms with Gasteiger partial charge in [-0.2, -0.15) is 0 Å². The predicted octanol–water partition coefficient (Wildman–Crippen LogP) is 1.86. The van der Waals surface area contributed by atoms with Crippen LogP contribution < -0.4 is 27.0 Å². The number of carbonyl (C=O) groups is 2. The van der Waals surface area contributed by atoms with Crippen LogP contribution in [0.2, 0.25) is 0 Å². The van der Waals surface area contributed by atoms with Gasteiger partial charge in [-0.05, 0) is 42.5 Å². The van der Waals surface area contributed by atoms with E-state index in [4.69, 9.17) is 16.2 Å². The van der Waals surface area contributed by atoms with Gasteiger partial charge in [-0.3, -0.25) is 9.59 Å². The van der Waals surface area contributed by atoms with Gasteiger partial charge in [0, 0.05) is 41.9 Å². The molecule has 2 heterocycles. The lowest BCUT2D eigenvalue weighted by molar-refractivity contribution is -0.123. The highest BCUT2D eigenvalue weighted by atomic mass is 16.5. The highest BCUT2D eigenvalue weighted by Gasteiger charge is 2.16. The molecular weight excluding hydrogens is 434 g/mol. The van der Waals surface area contributed by atoms with E-state index in [9.17, 15) is 9.59 Å². The Labute approximate surface area is 197 Å². The van der Waals surface area contributed by atoms with Crippen LogP contribution >= 0.6 is 0 Å². The summed E-state index contributed by atoms with van der Waals surface area (Å²) >= 11 is 0. The third kappa shape index (κ3) is 6.06. The molecule has 0 radical (unpaired) electrons. The molecule has 34 heavy (non-hydrogen) atoms. The van der Waals surface area contributed by atoms with Crippen LogP contribution in [0.4, 0.5) is 23.0 Å². The monoisotopic (exact) mass is 461 g/mol. The summed E-state index contributed by atoms with van der Waals surface area (Å²) in [7, 11) is 0. The van der Waals surface area contributed by atoms with Crippen LogP contribution in [0.1, 0.15) is 6.42 Å². The average Bonchev–Trinajstić information content (AvgIpc) is 2.85. The van der Waals surface area contributed by atoms with Gasteiger partial charge in [0.05, 0.1) is 31.4 Å². The van der Waals surface area contributed by atoms with Crippen molar-refractivity contribution < 1.29 is 14.3 Å². The third-order valence-electron chi connectivity index (χ3n) is 5.36. The molecule has 1 aromatic heterocycles. The number of ether oxygens (including phenoxy) is 1. The van der Waals surface area contributed by atoms with E-state index in [1.54, 1.807) is 18.3 Å². The molecule has 1 fully saturated rings. The third-order valence-corrected chi connectivity index (χ3v) is 5.36. The first kappa shape index (κ1) is 23.1. The van der Waals surface area contributed by atoms with Gasteiger partial charge in [0.15, 0.2) is 0 Å². The molecule has 1 aliphatic rings. The molecular formula is C24H27N7O3. The maximum Gasteiger partial charge on any atom is 0.241 e. The standard InChI is InChI=1S/C24H27N7O3/c25-20(15-22(26)32)23(33)28-17-3-1-16(2-4-17)21-9-10-27-24(30-21)29-18-5-7-19(8-6-18)31-11-13-34-14-12-31/h1-10,20H,11-15,25H2,(H2,26,32)(H,28,33)(H,27,29,30). The lowest BCUT2D eigenvalue weighted by Crippen LogP contribution is -2.38. The lowest BCUT2D eigenvalue weighted by atomic mass is 10.1. The second-order valence-electron chi connectivity index (χ2n) is 7.88. The fourth-order valence-corrected chi connectivity index (χ4v) is 3.55. The van der Waals surface area contributed by atoms with Crippen molar-refractivity contribution in [2.75, 3.05) is 41.8 Å². The normalized spacial score (nSPS) is 14.3. The van der Waals surface area contributed by atoms with Crippen molar-refractivity contribution in [3.8, 4) is 11.3 Å². The van der Waals surface area contributed by atoms with Gasteiger partial charge in [0.1, 0.15) is 0 Å². The first-order valence-corrected chi connectivity index (χ1v) is 11.0. The number of primary amides is 1. The van der Waals surface area contributed by atoms with Gasteiger partial charge in [0.2, 0.25) is 17.8 Å². The molecule has 2 amide bonds. The van der Waals surface area contributed by atoms with E-state index in [1.807, 2.05) is 30.3 Å². The number of rotatable bonds is 8. The Morgan fingerprint density at radius 2 is 1.68 bits per heavy atom. The smallest absolute Gasteiger partial charge is 0.241 e. The van der Waals surface area contributed by atoms with Crippen LogP contribution in [0.3, 0.4) is 0 Å². The van der Waals surface area contributed by atoms with Crippen LogP contribution in [0.25, 0.3) is 11.3 Å². The summed E-state index contributed by atoms with van der Waals surface area (Å²) < 4.78 is 5.41. The van der Waals surface area contributed by atoms with Crippen LogP contribution in [0.15, 0.2) is 60.8 Å². The number of aromatic nitrogens is 2. The molecule has 0 spiro atoms. The number of carbonyl (C=O) groups excluding carboxylic acids is 2.